The average molecular weight is 352 g/mol. The van der Waals surface area contributed by atoms with Crippen LogP contribution in [0.1, 0.15) is 42.5 Å². The molecule has 2 aliphatic rings. The predicted octanol–water partition coefficient (Wildman–Crippen LogP) is 3.13. The molecule has 1 aliphatic heterocycles. The van der Waals surface area contributed by atoms with Crippen molar-refractivity contribution in [3.8, 4) is 5.75 Å². The smallest absolute Gasteiger partial charge is 0.257 e. The minimum absolute atomic E-state index is 0.00545. The van der Waals surface area contributed by atoms with E-state index in [4.69, 9.17) is 0 Å². The van der Waals surface area contributed by atoms with Gasteiger partial charge in [0.1, 0.15) is 11.5 Å². The van der Waals surface area contributed by atoms with Gasteiger partial charge in [-0.05, 0) is 43.9 Å². The maximum atomic E-state index is 12.7. The Morgan fingerprint density at radius 3 is 2.81 bits per heavy atom. The maximum Gasteiger partial charge on any atom is 0.257 e. The van der Waals surface area contributed by atoms with E-state index in [1.165, 1.54) is 6.07 Å². The summed E-state index contributed by atoms with van der Waals surface area (Å²) in [4.78, 5) is 26.5. The molecule has 1 aromatic rings. The second-order valence-corrected chi connectivity index (χ2v) is 6.75. The molecule has 1 heterocycles. The van der Waals surface area contributed by atoms with Gasteiger partial charge >= 0.3 is 0 Å². The first kappa shape index (κ1) is 14.6. The molecule has 2 fully saturated rings. The molecule has 3 rings (SSSR count). The van der Waals surface area contributed by atoms with E-state index in [9.17, 15) is 14.7 Å². The Kier molecular flexibility index (Phi) is 4.02. The molecule has 1 aromatic carbocycles. The molecule has 1 N–H and O–H groups in total. The van der Waals surface area contributed by atoms with Gasteiger partial charge in [-0.1, -0.05) is 15.9 Å². The summed E-state index contributed by atoms with van der Waals surface area (Å²) in [7, 11) is 0. The molecular weight excluding hydrogens is 334 g/mol. The van der Waals surface area contributed by atoms with Gasteiger partial charge in [0.25, 0.3) is 5.91 Å². The second kappa shape index (κ2) is 5.79. The lowest BCUT2D eigenvalue weighted by Gasteiger charge is -2.29. The van der Waals surface area contributed by atoms with Gasteiger partial charge in [-0.25, -0.2) is 0 Å². The van der Waals surface area contributed by atoms with Crippen LogP contribution in [-0.2, 0) is 4.79 Å². The van der Waals surface area contributed by atoms with E-state index < -0.39 is 0 Å². The summed E-state index contributed by atoms with van der Waals surface area (Å²) in [6, 6.07) is 4.87. The van der Waals surface area contributed by atoms with Crippen molar-refractivity contribution in [2.24, 2.45) is 5.92 Å². The third-order valence-corrected chi connectivity index (χ3v) is 5.06. The fourth-order valence-electron chi connectivity index (χ4n) is 3.55. The fraction of sp³-hybridized carbons (Fsp3) is 0.500. The fourth-order valence-corrected chi connectivity index (χ4v) is 3.91. The van der Waals surface area contributed by atoms with Crippen molar-refractivity contribution in [3.05, 3.63) is 28.2 Å². The maximum absolute atomic E-state index is 12.7. The van der Waals surface area contributed by atoms with E-state index in [2.05, 4.69) is 15.9 Å². The van der Waals surface area contributed by atoms with Crippen LogP contribution in [0.2, 0.25) is 0 Å². The summed E-state index contributed by atoms with van der Waals surface area (Å²) >= 11 is 3.33. The summed E-state index contributed by atoms with van der Waals surface area (Å²) in [6.07, 6.45) is 4.28. The van der Waals surface area contributed by atoms with Crippen molar-refractivity contribution < 1.29 is 14.7 Å². The molecule has 0 spiro atoms. The zero-order valence-electron chi connectivity index (χ0n) is 11.7. The predicted molar refractivity (Wildman–Crippen MR) is 82.2 cm³/mol. The minimum atomic E-state index is -0.170. The summed E-state index contributed by atoms with van der Waals surface area (Å²) in [5.41, 5.74) is 0.307. The zero-order valence-corrected chi connectivity index (χ0v) is 13.3. The van der Waals surface area contributed by atoms with Crippen molar-refractivity contribution in [2.75, 3.05) is 6.54 Å². The van der Waals surface area contributed by atoms with Crippen LogP contribution in [0.15, 0.2) is 22.7 Å². The highest BCUT2D eigenvalue weighted by molar-refractivity contribution is 9.10. The number of aromatic hydroxyl groups is 1. The molecule has 1 aliphatic carbocycles. The number of rotatable bonds is 2. The highest BCUT2D eigenvalue weighted by Crippen LogP contribution is 2.35. The monoisotopic (exact) mass is 351 g/mol. The summed E-state index contributed by atoms with van der Waals surface area (Å²) in [6.45, 7) is 0.666. The van der Waals surface area contributed by atoms with Gasteiger partial charge < -0.3 is 10.0 Å². The molecule has 5 heteroatoms. The number of halogens is 1. The number of nitrogens with zero attached hydrogens (tertiary/aromatic N) is 1. The second-order valence-electron chi connectivity index (χ2n) is 5.83. The molecule has 21 heavy (non-hydrogen) atoms. The Morgan fingerprint density at radius 1 is 1.29 bits per heavy atom. The van der Waals surface area contributed by atoms with Gasteiger partial charge in [-0.15, -0.1) is 0 Å². The van der Waals surface area contributed by atoms with E-state index in [1.54, 1.807) is 17.0 Å². The van der Waals surface area contributed by atoms with Crippen LogP contribution in [-0.4, -0.2) is 34.3 Å². The summed E-state index contributed by atoms with van der Waals surface area (Å²) in [5, 5.41) is 9.93. The molecule has 112 valence electrons. The first-order valence-electron chi connectivity index (χ1n) is 7.40. The molecule has 1 saturated carbocycles. The van der Waals surface area contributed by atoms with Crippen LogP contribution in [0, 0.1) is 5.92 Å². The topological polar surface area (TPSA) is 57.6 Å². The Labute approximate surface area is 132 Å². The van der Waals surface area contributed by atoms with E-state index in [-0.39, 0.29) is 29.4 Å². The number of carbonyl (C=O) groups is 2. The molecule has 0 radical (unpaired) electrons. The first-order valence-corrected chi connectivity index (χ1v) is 8.19. The van der Waals surface area contributed by atoms with Crippen molar-refractivity contribution in [2.45, 2.75) is 38.1 Å². The molecule has 0 bridgehead atoms. The van der Waals surface area contributed by atoms with E-state index in [0.717, 1.165) is 30.2 Å². The highest BCUT2D eigenvalue weighted by Gasteiger charge is 2.40. The van der Waals surface area contributed by atoms with Gasteiger partial charge in [0, 0.05) is 29.4 Å². The number of likely N-dealkylation sites (tertiary alicyclic amines) is 1. The lowest BCUT2D eigenvalue weighted by Crippen LogP contribution is -2.41. The molecule has 2 unspecified atom stereocenters. The van der Waals surface area contributed by atoms with Crippen LogP contribution < -0.4 is 0 Å². The molecular formula is C16H18BrNO3. The number of benzene rings is 1. The third-order valence-electron chi connectivity index (χ3n) is 4.57. The molecule has 0 aromatic heterocycles. The SMILES string of the molecule is O=C1CCCC1C1CCCN1C(=O)c1cc(Br)ccc1O. The average Bonchev–Trinajstić information content (AvgIpc) is 3.08. The minimum Gasteiger partial charge on any atom is -0.507 e. The lowest BCUT2D eigenvalue weighted by atomic mass is 9.94. The number of ketones is 1. The first-order chi connectivity index (χ1) is 10.1. The largest absolute Gasteiger partial charge is 0.507 e. The van der Waals surface area contributed by atoms with E-state index in [0.29, 0.717) is 18.5 Å². The van der Waals surface area contributed by atoms with Crippen LogP contribution in [0.5, 0.6) is 5.75 Å². The Morgan fingerprint density at radius 2 is 2.10 bits per heavy atom. The van der Waals surface area contributed by atoms with Crippen molar-refractivity contribution >= 4 is 27.6 Å². The summed E-state index contributed by atoms with van der Waals surface area (Å²) < 4.78 is 0.760. The number of amides is 1. The van der Waals surface area contributed by atoms with Crippen molar-refractivity contribution in [1.82, 2.24) is 4.90 Å². The van der Waals surface area contributed by atoms with Gasteiger partial charge in [-0.3, -0.25) is 9.59 Å². The van der Waals surface area contributed by atoms with Crippen LogP contribution in [0.3, 0.4) is 0 Å². The van der Waals surface area contributed by atoms with Gasteiger partial charge in [0.15, 0.2) is 0 Å². The standard InChI is InChI=1S/C16H18BrNO3/c17-10-6-7-15(20)12(9-10)16(21)18-8-2-4-13(18)11-3-1-5-14(11)19/h6-7,9,11,13,20H,1-5,8H2. The molecule has 2 atom stereocenters. The van der Waals surface area contributed by atoms with E-state index >= 15 is 0 Å². The Bertz CT molecular complexity index is 587. The highest BCUT2D eigenvalue weighted by atomic mass is 79.9. The number of phenols is 1. The molecule has 4 nitrogen and oxygen atoms in total. The van der Waals surface area contributed by atoms with Crippen LogP contribution in [0.25, 0.3) is 0 Å². The van der Waals surface area contributed by atoms with Gasteiger partial charge in [0.05, 0.1) is 5.56 Å². The number of hydrogen-bond acceptors (Lipinski definition) is 3. The van der Waals surface area contributed by atoms with E-state index in [1.807, 2.05) is 0 Å². The van der Waals surface area contributed by atoms with Crippen LogP contribution in [0.4, 0.5) is 0 Å². The Balaban J connectivity index is 1.86. The summed E-state index contributed by atoms with van der Waals surface area (Å²) in [5.74, 6) is 0.103. The number of hydrogen-bond donors (Lipinski definition) is 1. The quantitative estimate of drug-likeness (QED) is 0.890. The van der Waals surface area contributed by atoms with Gasteiger partial charge in [-0.2, -0.15) is 0 Å². The molecule has 1 amide bonds. The molecule has 1 saturated heterocycles. The third kappa shape index (κ3) is 2.71. The van der Waals surface area contributed by atoms with Crippen LogP contribution >= 0.6 is 15.9 Å². The number of Topliss-reactive ketones (excluding diaryl/α,β-unsaturated/α-hetero) is 1. The normalized spacial score (nSPS) is 25.6. The lowest BCUT2D eigenvalue weighted by molar-refractivity contribution is -0.121. The number of phenolic OH excluding ortho intramolecular Hbond substituents is 1. The van der Waals surface area contributed by atoms with Crippen molar-refractivity contribution in [1.29, 1.82) is 0 Å². The zero-order chi connectivity index (χ0) is 15.0. The van der Waals surface area contributed by atoms with Crippen molar-refractivity contribution in [3.63, 3.8) is 0 Å². The number of carbonyl (C=O) groups excluding carboxylic acids is 2. The Hall–Kier alpha value is -1.36. The van der Waals surface area contributed by atoms with Gasteiger partial charge in [0.2, 0.25) is 0 Å².